The zero-order chi connectivity index (χ0) is 11.8. The van der Waals surface area contributed by atoms with Gasteiger partial charge in [0.1, 0.15) is 11.1 Å². The lowest BCUT2D eigenvalue weighted by Crippen LogP contribution is -2.24. The molecule has 0 aromatic carbocycles. The van der Waals surface area contributed by atoms with Crippen molar-refractivity contribution in [3.05, 3.63) is 11.6 Å². The van der Waals surface area contributed by atoms with E-state index in [9.17, 15) is 8.42 Å². The van der Waals surface area contributed by atoms with Gasteiger partial charge in [-0.3, -0.25) is 0 Å². The highest BCUT2D eigenvalue weighted by Crippen LogP contribution is 2.32. The molecule has 0 aliphatic carbocycles. The van der Waals surface area contributed by atoms with E-state index in [0.29, 0.717) is 18.1 Å². The second kappa shape index (κ2) is 4.14. The number of rotatable bonds is 2. The smallest absolute Gasteiger partial charge is 0.160 e. The van der Waals surface area contributed by atoms with Crippen LogP contribution in [0.5, 0.6) is 0 Å². The highest BCUT2D eigenvalue weighted by Gasteiger charge is 2.34. The summed E-state index contributed by atoms with van der Waals surface area (Å²) in [6, 6.07) is 0. The van der Waals surface area contributed by atoms with E-state index in [2.05, 4.69) is 10.2 Å². The minimum Gasteiger partial charge on any atom is -0.324 e. The molecule has 1 unspecified atom stereocenters. The van der Waals surface area contributed by atoms with Crippen LogP contribution in [0.25, 0.3) is 0 Å². The molecular weight excluding hydrogens is 228 g/mol. The molecular formula is C9H16N4O2S. The van der Waals surface area contributed by atoms with Crippen molar-refractivity contribution in [2.24, 2.45) is 12.8 Å². The molecule has 1 aliphatic rings. The molecule has 7 heteroatoms. The van der Waals surface area contributed by atoms with Crippen LogP contribution in [0.15, 0.2) is 0 Å². The maximum atomic E-state index is 11.9. The molecule has 0 radical (unpaired) electrons. The molecule has 16 heavy (non-hydrogen) atoms. The van der Waals surface area contributed by atoms with Crippen LogP contribution in [0.2, 0.25) is 0 Å². The van der Waals surface area contributed by atoms with Gasteiger partial charge in [-0.25, -0.2) is 8.42 Å². The quantitative estimate of drug-likeness (QED) is 0.785. The molecule has 1 aliphatic heterocycles. The Kier molecular flexibility index (Phi) is 2.98. The normalized spacial score (nSPS) is 24.5. The second-order valence-electron chi connectivity index (χ2n) is 4.09. The Balaban J connectivity index is 2.39. The molecule has 0 saturated carbocycles. The van der Waals surface area contributed by atoms with Gasteiger partial charge in [0.05, 0.1) is 12.3 Å². The number of hydrogen-bond acceptors (Lipinski definition) is 5. The molecule has 2 N–H and O–H groups in total. The second-order valence-corrected chi connectivity index (χ2v) is 6.39. The fourth-order valence-corrected chi connectivity index (χ4v) is 4.02. The first-order valence-electron chi connectivity index (χ1n) is 5.36. The zero-order valence-electron chi connectivity index (χ0n) is 9.26. The van der Waals surface area contributed by atoms with E-state index in [-0.39, 0.29) is 12.3 Å². The molecule has 1 atom stereocenters. The molecule has 1 fully saturated rings. The molecule has 0 amide bonds. The Labute approximate surface area is 94.8 Å². The number of nitrogens with two attached hydrogens (primary N) is 1. The van der Waals surface area contributed by atoms with Crippen LogP contribution in [0.4, 0.5) is 0 Å². The third-order valence-electron chi connectivity index (χ3n) is 3.05. The van der Waals surface area contributed by atoms with Crippen molar-refractivity contribution >= 4 is 9.84 Å². The molecule has 0 bridgehead atoms. The summed E-state index contributed by atoms with van der Waals surface area (Å²) in [5.74, 6) is 1.40. The topological polar surface area (TPSA) is 90.9 Å². The molecule has 1 aromatic heterocycles. The average Bonchev–Trinajstić information content (AvgIpc) is 2.59. The molecule has 1 aromatic rings. The van der Waals surface area contributed by atoms with E-state index in [4.69, 9.17) is 5.73 Å². The van der Waals surface area contributed by atoms with Crippen LogP contribution >= 0.6 is 0 Å². The van der Waals surface area contributed by atoms with Crippen molar-refractivity contribution in [1.29, 1.82) is 0 Å². The third kappa shape index (κ3) is 1.84. The summed E-state index contributed by atoms with van der Waals surface area (Å²) in [4.78, 5) is 0. The number of hydrogen-bond donors (Lipinski definition) is 1. The minimum absolute atomic E-state index is 0.252. The van der Waals surface area contributed by atoms with Gasteiger partial charge >= 0.3 is 0 Å². The van der Waals surface area contributed by atoms with E-state index in [1.165, 1.54) is 0 Å². The third-order valence-corrected chi connectivity index (χ3v) is 5.22. The highest BCUT2D eigenvalue weighted by molar-refractivity contribution is 7.91. The Morgan fingerprint density at radius 1 is 1.44 bits per heavy atom. The largest absolute Gasteiger partial charge is 0.324 e. The van der Waals surface area contributed by atoms with Crippen molar-refractivity contribution in [2.45, 2.75) is 31.1 Å². The van der Waals surface area contributed by atoms with Crippen molar-refractivity contribution in [1.82, 2.24) is 14.8 Å². The summed E-state index contributed by atoms with van der Waals surface area (Å²) in [5.41, 5.74) is 5.49. The Hall–Kier alpha value is -0.950. The molecule has 2 rings (SSSR count). The monoisotopic (exact) mass is 244 g/mol. The van der Waals surface area contributed by atoms with Gasteiger partial charge in [-0.1, -0.05) is 6.42 Å². The molecule has 0 spiro atoms. The van der Waals surface area contributed by atoms with Crippen LogP contribution in [0.3, 0.4) is 0 Å². The predicted molar refractivity (Wildman–Crippen MR) is 59.3 cm³/mol. The van der Waals surface area contributed by atoms with Crippen LogP contribution in [0, 0.1) is 0 Å². The highest BCUT2D eigenvalue weighted by atomic mass is 32.2. The van der Waals surface area contributed by atoms with Crippen LogP contribution in [-0.2, 0) is 23.4 Å². The van der Waals surface area contributed by atoms with Crippen molar-refractivity contribution in [3.63, 3.8) is 0 Å². The van der Waals surface area contributed by atoms with Gasteiger partial charge in [0.15, 0.2) is 15.7 Å². The first-order valence-corrected chi connectivity index (χ1v) is 7.07. The minimum atomic E-state index is -3.06. The van der Waals surface area contributed by atoms with Gasteiger partial charge in [-0.2, -0.15) is 0 Å². The van der Waals surface area contributed by atoms with Gasteiger partial charge in [-0.05, 0) is 12.8 Å². The van der Waals surface area contributed by atoms with Crippen molar-refractivity contribution in [3.8, 4) is 0 Å². The van der Waals surface area contributed by atoms with E-state index >= 15 is 0 Å². The summed E-state index contributed by atoms with van der Waals surface area (Å²) >= 11 is 0. The van der Waals surface area contributed by atoms with Gasteiger partial charge in [0, 0.05) is 7.05 Å². The van der Waals surface area contributed by atoms with Crippen molar-refractivity contribution in [2.75, 3.05) is 5.75 Å². The first kappa shape index (κ1) is 11.5. The Bertz CT molecular complexity index is 480. The van der Waals surface area contributed by atoms with Crippen LogP contribution in [-0.4, -0.2) is 28.9 Å². The lowest BCUT2D eigenvalue weighted by atomic mass is 10.2. The van der Waals surface area contributed by atoms with Gasteiger partial charge in [0.25, 0.3) is 0 Å². The van der Waals surface area contributed by atoms with E-state index in [1.807, 2.05) is 0 Å². The maximum Gasteiger partial charge on any atom is 0.160 e. The van der Waals surface area contributed by atoms with E-state index in [0.717, 1.165) is 12.8 Å². The van der Waals surface area contributed by atoms with Gasteiger partial charge in [-0.15, -0.1) is 10.2 Å². The summed E-state index contributed by atoms with van der Waals surface area (Å²) in [5, 5.41) is 7.36. The summed E-state index contributed by atoms with van der Waals surface area (Å²) < 4.78 is 25.5. The van der Waals surface area contributed by atoms with E-state index in [1.54, 1.807) is 11.6 Å². The summed E-state index contributed by atoms with van der Waals surface area (Å²) in [7, 11) is -1.29. The van der Waals surface area contributed by atoms with Crippen molar-refractivity contribution < 1.29 is 8.42 Å². The first-order chi connectivity index (χ1) is 7.56. The Morgan fingerprint density at radius 2 is 2.19 bits per heavy atom. The SMILES string of the molecule is Cn1c(CN)nnc1C1CCCCS1(=O)=O. The molecule has 1 saturated heterocycles. The number of sulfone groups is 1. The predicted octanol–water partition coefficient (Wildman–Crippen LogP) is -0.0864. The van der Waals surface area contributed by atoms with Gasteiger partial charge < -0.3 is 10.3 Å². The lowest BCUT2D eigenvalue weighted by Gasteiger charge is -2.21. The van der Waals surface area contributed by atoms with Crippen LogP contribution < -0.4 is 5.73 Å². The lowest BCUT2D eigenvalue weighted by molar-refractivity contribution is 0.531. The molecule has 2 heterocycles. The Morgan fingerprint density at radius 3 is 2.75 bits per heavy atom. The fraction of sp³-hybridized carbons (Fsp3) is 0.778. The zero-order valence-corrected chi connectivity index (χ0v) is 10.1. The number of nitrogens with zero attached hydrogens (tertiary/aromatic N) is 3. The van der Waals surface area contributed by atoms with Gasteiger partial charge in [0.2, 0.25) is 0 Å². The van der Waals surface area contributed by atoms with E-state index < -0.39 is 15.1 Å². The summed E-state index contributed by atoms with van der Waals surface area (Å²) in [6.45, 7) is 0.274. The summed E-state index contributed by atoms with van der Waals surface area (Å²) in [6.07, 6.45) is 2.31. The maximum absolute atomic E-state index is 11.9. The average molecular weight is 244 g/mol. The number of aromatic nitrogens is 3. The molecule has 6 nitrogen and oxygen atoms in total. The standard InChI is InChI=1S/C9H16N4O2S/c1-13-8(6-10)11-12-9(13)7-4-2-3-5-16(7,14)15/h7H,2-6,10H2,1H3. The van der Waals surface area contributed by atoms with Crippen LogP contribution in [0.1, 0.15) is 36.2 Å². The fourth-order valence-electron chi connectivity index (χ4n) is 2.08. The molecule has 90 valence electrons.